The van der Waals surface area contributed by atoms with E-state index < -0.39 is 6.09 Å². The monoisotopic (exact) mass is 230 g/mol. The third kappa shape index (κ3) is 3.68. The summed E-state index contributed by atoms with van der Waals surface area (Å²) in [6.07, 6.45) is 3.47. The summed E-state index contributed by atoms with van der Waals surface area (Å²) in [5, 5.41) is 2.69. The first-order chi connectivity index (χ1) is 8.34. The third-order valence-corrected chi connectivity index (χ3v) is 2.26. The minimum atomic E-state index is -0.427. The van der Waals surface area contributed by atoms with Crippen LogP contribution in [0, 0.1) is 0 Å². The number of benzene rings is 1. The molecule has 0 aliphatic rings. The zero-order chi connectivity index (χ0) is 11.9. The van der Waals surface area contributed by atoms with Crippen LogP contribution in [-0.4, -0.2) is 17.2 Å². The quantitative estimate of drug-likeness (QED) is 0.875. The SMILES string of the molecule is O=C(NCCn1cccc1)Oc1ccccc1. The van der Waals surface area contributed by atoms with Gasteiger partial charge in [-0.1, -0.05) is 18.2 Å². The molecule has 1 aromatic heterocycles. The van der Waals surface area contributed by atoms with Gasteiger partial charge < -0.3 is 14.6 Å². The number of aromatic nitrogens is 1. The molecule has 4 heteroatoms. The Balaban J connectivity index is 1.71. The van der Waals surface area contributed by atoms with Gasteiger partial charge in [-0.05, 0) is 24.3 Å². The fourth-order valence-corrected chi connectivity index (χ4v) is 1.44. The van der Waals surface area contributed by atoms with Gasteiger partial charge in [0.25, 0.3) is 0 Å². The molecule has 0 saturated carbocycles. The van der Waals surface area contributed by atoms with Gasteiger partial charge >= 0.3 is 6.09 Å². The van der Waals surface area contributed by atoms with Crippen molar-refractivity contribution in [1.29, 1.82) is 0 Å². The van der Waals surface area contributed by atoms with Gasteiger partial charge in [0.05, 0.1) is 0 Å². The normalized spacial score (nSPS) is 9.88. The molecule has 88 valence electrons. The maximum Gasteiger partial charge on any atom is 0.412 e. The van der Waals surface area contributed by atoms with Gasteiger partial charge in [0.2, 0.25) is 0 Å². The standard InChI is InChI=1S/C13H14N2O2/c16-13(17-12-6-2-1-3-7-12)14-8-11-15-9-4-5-10-15/h1-7,9-10H,8,11H2,(H,14,16). The number of rotatable bonds is 4. The second kappa shape index (κ2) is 5.75. The molecule has 1 amide bonds. The predicted octanol–water partition coefficient (Wildman–Crippen LogP) is 2.28. The average molecular weight is 230 g/mol. The number of carbonyl (C=O) groups excluding carboxylic acids is 1. The summed E-state index contributed by atoms with van der Waals surface area (Å²) in [5.74, 6) is 0.547. The van der Waals surface area contributed by atoms with Crippen molar-refractivity contribution in [3.05, 3.63) is 54.9 Å². The first-order valence-corrected chi connectivity index (χ1v) is 5.46. The van der Waals surface area contributed by atoms with Gasteiger partial charge in [0.1, 0.15) is 5.75 Å². The smallest absolute Gasteiger partial charge is 0.410 e. The highest BCUT2D eigenvalue weighted by Gasteiger charge is 2.02. The van der Waals surface area contributed by atoms with E-state index in [2.05, 4.69) is 5.32 Å². The molecule has 0 unspecified atom stereocenters. The van der Waals surface area contributed by atoms with Crippen LogP contribution >= 0.6 is 0 Å². The zero-order valence-corrected chi connectivity index (χ0v) is 9.37. The van der Waals surface area contributed by atoms with Crippen molar-refractivity contribution in [3.8, 4) is 5.75 Å². The molecule has 0 spiro atoms. The molecule has 1 heterocycles. The fourth-order valence-electron chi connectivity index (χ4n) is 1.44. The lowest BCUT2D eigenvalue weighted by Gasteiger charge is -2.06. The Morgan fingerprint density at radius 2 is 1.82 bits per heavy atom. The molecule has 0 radical (unpaired) electrons. The van der Waals surface area contributed by atoms with E-state index >= 15 is 0 Å². The summed E-state index contributed by atoms with van der Waals surface area (Å²) in [6, 6.07) is 12.9. The molecule has 0 atom stereocenters. The maximum atomic E-state index is 11.4. The van der Waals surface area contributed by atoms with Gasteiger partial charge in [-0.2, -0.15) is 0 Å². The number of para-hydroxylation sites is 1. The molecule has 4 nitrogen and oxygen atoms in total. The van der Waals surface area contributed by atoms with Gasteiger partial charge in [-0.25, -0.2) is 4.79 Å². The third-order valence-electron chi connectivity index (χ3n) is 2.26. The van der Waals surface area contributed by atoms with Crippen molar-refractivity contribution < 1.29 is 9.53 Å². The number of nitrogens with zero attached hydrogens (tertiary/aromatic N) is 1. The Labute approximate surface area is 99.8 Å². The fraction of sp³-hybridized carbons (Fsp3) is 0.154. The van der Waals surface area contributed by atoms with Crippen molar-refractivity contribution in [2.75, 3.05) is 6.54 Å². The molecular formula is C13H14N2O2. The molecule has 0 aliphatic carbocycles. The molecule has 2 rings (SSSR count). The molecule has 0 fully saturated rings. The Morgan fingerprint density at radius 3 is 2.53 bits per heavy atom. The van der Waals surface area contributed by atoms with Crippen LogP contribution in [0.4, 0.5) is 4.79 Å². The average Bonchev–Trinajstić information content (AvgIpc) is 2.83. The lowest BCUT2D eigenvalue weighted by Crippen LogP contribution is -2.29. The summed E-state index contributed by atoms with van der Waals surface area (Å²) < 4.78 is 7.06. The first-order valence-electron chi connectivity index (χ1n) is 5.46. The van der Waals surface area contributed by atoms with Gasteiger partial charge in [0, 0.05) is 25.5 Å². The van der Waals surface area contributed by atoms with Crippen LogP contribution in [0.3, 0.4) is 0 Å². The second-order valence-corrected chi connectivity index (χ2v) is 3.55. The molecular weight excluding hydrogens is 216 g/mol. The van der Waals surface area contributed by atoms with E-state index in [0.29, 0.717) is 12.3 Å². The Hall–Kier alpha value is -2.23. The largest absolute Gasteiger partial charge is 0.412 e. The highest BCUT2D eigenvalue weighted by molar-refractivity contribution is 5.70. The summed E-state index contributed by atoms with van der Waals surface area (Å²) in [6.45, 7) is 1.28. The van der Waals surface area contributed by atoms with Crippen LogP contribution in [-0.2, 0) is 6.54 Å². The molecule has 0 bridgehead atoms. The predicted molar refractivity (Wildman–Crippen MR) is 64.9 cm³/mol. The number of ether oxygens (including phenoxy) is 1. The summed E-state index contributed by atoms with van der Waals surface area (Å²) in [7, 11) is 0. The molecule has 1 aromatic carbocycles. The highest BCUT2D eigenvalue weighted by atomic mass is 16.5. The van der Waals surface area contributed by atoms with E-state index in [0.717, 1.165) is 6.54 Å². The Morgan fingerprint density at radius 1 is 1.12 bits per heavy atom. The minimum absolute atomic E-state index is 0.427. The van der Waals surface area contributed by atoms with Gasteiger partial charge in [-0.3, -0.25) is 0 Å². The van der Waals surface area contributed by atoms with Crippen molar-refractivity contribution in [2.45, 2.75) is 6.54 Å². The molecule has 1 N–H and O–H groups in total. The number of carbonyl (C=O) groups is 1. The van der Waals surface area contributed by atoms with E-state index in [1.54, 1.807) is 12.1 Å². The Kier molecular flexibility index (Phi) is 3.81. The van der Waals surface area contributed by atoms with Crippen LogP contribution in [0.1, 0.15) is 0 Å². The van der Waals surface area contributed by atoms with Crippen LogP contribution in [0.2, 0.25) is 0 Å². The zero-order valence-electron chi connectivity index (χ0n) is 9.37. The van der Waals surface area contributed by atoms with E-state index in [9.17, 15) is 4.79 Å². The summed E-state index contributed by atoms with van der Waals surface area (Å²) in [5.41, 5.74) is 0. The molecule has 0 saturated heterocycles. The number of hydrogen-bond donors (Lipinski definition) is 1. The van der Waals surface area contributed by atoms with Crippen LogP contribution in [0.15, 0.2) is 54.9 Å². The number of hydrogen-bond acceptors (Lipinski definition) is 2. The number of amides is 1. The molecule has 17 heavy (non-hydrogen) atoms. The molecule has 0 aliphatic heterocycles. The van der Waals surface area contributed by atoms with Crippen molar-refractivity contribution in [2.24, 2.45) is 0 Å². The summed E-state index contributed by atoms with van der Waals surface area (Å²) >= 11 is 0. The number of nitrogens with one attached hydrogen (secondary N) is 1. The van der Waals surface area contributed by atoms with Crippen molar-refractivity contribution >= 4 is 6.09 Å². The molecule has 2 aromatic rings. The maximum absolute atomic E-state index is 11.4. The van der Waals surface area contributed by atoms with Crippen molar-refractivity contribution in [1.82, 2.24) is 9.88 Å². The lowest BCUT2D eigenvalue weighted by molar-refractivity contribution is 0.200. The van der Waals surface area contributed by atoms with Gasteiger partial charge in [0.15, 0.2) is 0 Å². The lowest BCUT2D eigenvalue weighted by atomic mass is 10.3. The van der Waals surface area contributed by atoms with E-state index in [1.165, 1.54) is 0 Å². The second-order valence-electron chi connectivity index (χ2n) is 3.55. The van der Waals surface area contributed by atoms with Crippen molar-refractivity contribution in [3.63, 3.8) is 0 Å². The summed E-state index contributed by atoms with van der Waals surface area (Å²) in [4.78, 5) is 11.4. The van der Waals surface area contributed by atoms with E-state index in [-0.39, 0.29) is 0 Å². The van der Waals surface area contributed by atoms with Crippen LogP contribution in [0.5, 0.6) is 5.75 Å². The van der Waals surface area contributed by atoms with E-state index in [1.807, 2.05) is 47.3 Å². The minimum Gasteiger partial charge on any atom is -0.410 e. The highest BCUT2D eigenvalue weighted by Crippen LogP contribution is 2.07. The Bertz CT molecular complexity index is 452. The van der Waals surface area contributed by atoms with Crippen LogP contribution < -0.4 is 10.1 Å². The van der Waals surface area contributed by atoms with Crippen LogP contribution in [0.25, 0.3) is 0 Å². The van der Waals surface area contributed by atoms with Gasteiger partial charge in [-0.15, -0.1) is 0 Å². The first kappa shape index (κ1) is 11.3. The topological polar surface area (TPSA) is 43.3 Å². The van der Waals surface area contributed by atoms with E-state index in [4.69, 9.17) is 4.74 Å².